The summed E-state index contributed by atoms with van der Waals surface area (Å²) >= 11 is 18.0. The van der Waals surface area contributed by atoms with Gasteiger partial charge in [-0.15, -0.1) is 23.2 Å². The van der Waals surface area contributed by atoms with Crippen LogP contribution < -0.4 is 0 Å². The van der Waals surface area contributed by atoms with Crippen LogP contribution >= 0.6 is 34.8 Å². The molecule has 0 fully saturated rings. The molecule has 1 aromatic carbocycles. The number of Topliss-reactive ketones (excluding diaryl/α,β-unsaturated/α-hetero) is 1. The fourth-order valence-electron chi connectivity index (χ4n) is 1.94. The Hall–Kier alpha value is -1.36. The highest BCUT2D eigenvalue weighted by Gasteiger charge is 2.44. The van der Waals surface area contributed by atoms with Crippen molar-refractivity contribution in [1.29, 1.82) is 0 Å². The number of halogens is 3. The van der Waals surface area contributed by atoms with Gasteiger partial charge in [-0.3, -0.25) is 4.79 Å². The molecule has 0 aromatic heterocycles. The van der Waals surface area contributed by atoms with Crippen molar-refractivity contribution in [2.75, 3.05) is 0 Å². The van der Waals surface area contributed by atoms with E-state index in [-0.39, 0.29) is 11.5 Å². The zero-order chi connectivity index (χ0) is 16.5. The summed E-state index contributed by atoms with van der Waals surface area (Å²) in [6.07, 6.45) is 1.46. The average molecular weight is 361 g/mol. The molecule has 2 atom stereocenters. The maximum absolute atomic E-state index is 11.9. The summed E-state index contributed by atoms with van der Waals surface area (Å²) in [5, 5.41) is 3.34. The van der Waals surface area contributed by atoms with Gasteiger partial charge in [-0.05, 0) is 49.8 Å². The summed E-state index contributed by atoms with van der Waals surface area (Å²) in [5.41, 5.74) is 0.912. The Balaban J connectivity index is 2.21. The second kappa shape index (κ2) is 6.41. The van der Waals surface area contributed by atoms with Crippen LogP contribution in [0.4, 0.5) is 0 Å². The van der Waals surface area contributed by atoms with E-state index in [1.165, 1.54) is 25.1 Å². The lowest BCUT2D eigenvalue weighted by molar-refractivity contribution is -0.117. The van der Waals surface area contributed by atoms with Gasteiger partial charge in [-0.2, -0.15) is 0 Å². The molecular formula is C15H12Cl3NO3. The van der Waals surface area contributed by atoms with Crippen LogP contribution in [0.15, 0.2) is 41.1 Å². The maximum atomic E-state index is 11.9. The summed E-state index contributed by atoms with van der Waals surface area (Å²) in [5.74, 6) is -0.940. The Morgan fingerprint density at radius 1 is 1.32 bits per heavy atom. The quantitative estimate of drug-likeness (QED) is 0.455. The van der Waals surface area contributed by atoms with Crippen LogP contribution in [0.1, 0.15) is 24.2 Å². The first kappa shape index (κ1) is 17.0. The number of benzene rings is 1. The number of oxime groups is 1. The number of carbonyl (C=O) groups is 2. The van der Waals surface area contributed by atoms with Gasteiger partial charge in [0.25, 0.3) is 0 Å². The molecule has 0 bridgehead atoms. The van der Waals surface area contributed by atoms with E-state index in [1.807, 2.05) is 0 Å². The summed E-state index contributed by atoms with van der Waals surface area (Å²) in [6.45, 7) is 3.10. The van der Waals surface area contributed by atoms with Gasteiger partial charge in [0.15, 0.2) is 5.78 Å². The van der Waals surface area contributed by atoms with E-state index in [0.717, 1.165) is 0 Å². The lowest BCUT2D eigenvalue weighted by atomic mass is 9.87. The molecule has 1 aromatic rings. The highest BCUT2D eigenvalue weighted by atomic mass is 35.5. The van der Waals surface area contributed by atoms with Gasteiger partial charge < -0.3 is 4.84 Å². The van der Waals surface area contributed by atoms with Gasteiger partial charge in [0.1, 0.15) is 16.0 Å². The minimum Gasteiger partial charge on any atom is -0.312 e. The van der Waals surface area contributed by atoms with E-state index in [9.17, 15) is 9.59 Å². The smallest absolute Gasteiger partial charge is 0.312 e. The van der Waals surface area contributed by atoms with Crippen LogP contribution in [0.2, 0.25) is 5.02 Å². The summed E-state index contributed by atoms with van der Waals surface area (Å²) in [4.78, 5) is 27.3. The van der Waals surface area contributed by atoms with Crippen LogP contribution in [-0.2, 0) is 9.63 Å². The molecule has 0 saturated carbocycles. The highest BCUT2D eigenvalue weighted by molar-refractivity contribution is 6.50. The summed E-state index contributed by atoms with van der Waals surface area (Å²) in [7, 11) is 0. The minimum absolute atomic E-state index is 0.221. The predicted octanol–water partition coefficient (Wildman–Crippen LogP) is 3.99. The molecule has 7 heteroatoms. The van der Waals surface area contributed by atoms with Crippen molar-refractivity contribution in [2.24, 2.45) is 5.16 Å². The van der Waals surface area contributed by atoms with Gasteiger partial charge in [0, 0.05) is 5.02 Å². The Morgan fingerprint density at radius 3 is 2.50 bits per heavy atom. The van der Waals surface area contributed by atoms with Crippen molar-refractivity contribution in [1.82, 2.24) is 0 Å². The fourth-order valence-corrected chi connectivity index (χ4v) is 2.53. The topological polar surface area (TPSA) is 55.7 Å². The second-order valence-corrected chi connectivity index (χ2v) is 6.65. The van der Waals surface area contributed by atoms with E-state index >= 15 is 0 Å². The van der Waals surface area contributed by atoms with Crippen molar-refractivity contribution in [3.8, 4) is 0 Å². The molecule has 1 aliphatic carbocycles. The molecule has 0 heterocycles. The summed E-state index contributed by atoms with van der Waals surface area (Å²) in [6, 6.07) is 6.16. The molecule has 0 spiro atoms. The minimum atomic E-state index is -1.33. The monoisotopic (exact) mass is 359 g/mol. The lowest BCUT2D eigenvalue weighted by Gasteiger charge is -2.29. The SMILES string of the molecule is CC1=C/C(=N\OC(=O)c2ccc(Cl)cc2)C(Cl)C(C)(Cl)C1=O. The number of rotatable bonds is 2. The number of alkyl halides is 2. The first-order valence-corrected chi connectivity index (χ1v) is 7.53. The first-order chi connectivity index (χ1) is 10.2. The number of carbonyl (C=O) groups excluding carboxylic acids is 2. The zero-order valence-electron chi connectivity index (χ0n) is 11.8. The number of nitrogens with zero attached hydrogens (tertiary/aromatic N) is 1. The van der Waals surface area contributed by atoms with Crippen LogP contribution in [0.5, 0.6) is 0 Å². The number of hydrogen-bond acceptors (Lipinski definition) is 4. The standard InChI is InChI=1S/C15H12Cl3NO3/c1-8-7-11(12(17)15(2,18)13(8)20)19-22-14(21)9-3-5-10(16)6-4-9/h3-7,12H,1-2H3/b19-11+. The molecule has 116 valence electrons. The fraction of sp³-hybridized carbons (Fsp3) is 0.267. The third-order valence-corrected chi connectivity index (χ3v) is 4.63. The Morgan fingerprint density at radius 2 is 1.91 bits per heavy atom. The number of hydrogen-bond donors (Lipinski definition) is 0. The second-order valence-electron chi connectivity index (χ2n) is 5.00. The van der Waals surface area contributed by atoms with E-state index < -0.39 is 16.2 Å². The van der Waals surface area contributed by atoms with Crippen molar-refractivity contribution in [3.63, 3.8) is 0 Å². The third-order valence-electron chi connectivity index (χ3n) is 3.22. The van der Waals surface area contributed by atoms with Crippen LogP contribution in [0.25, 0.3) is 0 Å². The molecule has 4 nitrogen and oxygen atoms in total. The number of allylic oxidation sites excluding steroid dienone is 2. The maximum Gasteiger partial charge on any atom is 0.365 e. The van der Waals surface area contributed by atoms with Crippen molar-refractivity contribution < 1.29 is 14.4 Å². The van der Waals surface area contributed by atoms with Crippen molar-refractivity contribution in [3.05, 3.63) is 46.5 Å². The molecule has 0 amide bonds. The molecular weight excluding hydrogens is 349 g/mol. The molecule has 2 unspecified atom stereocenters. The van der Waals surface area contributed by atoms with Gasteiger partial charge in [0.05, 0.1) is 5.56 Å². The van der Waals surface area contributed by atoms with E-state index in [1.54, 1.807) is 19.1 Å². The largest absolute Gasteiger partial charge is 0.365 e. The molecule has 2 rings (SSSR count). The van der Waals surface area contributed by atoms with Crippen LogP contribution in [0, 0.1) is 0 Å². The molecule has 1 aliphatic rings. The van der Waals surface area contributed by atoms with Crippen LogP contribution in [0.3, 0.4) is 0 Å². The van der Waals surface area contributed by atoms with Gasteiger partial charge in [-0.25, -0.2) is 4.79 Å². The highest BCUT2D eigenvalue weighted by Crippen LogP contribution is 2.33. The lowest BCUT2D eigenvalue weighted by Crippen LogP contribution is -2.46. The molecule has 0 saturated heterocycles. The van der Waals surface area contributed by atoms with Gasteiger partial charge in [0.2, 0.25) is 0 Å². The van der Waals surface area contributed by atoms with Gasteiger partial charge in [-0.1, -0.05) is 16.8 Å². The van der Waals surface area contributed by atoms with E-state index in [2.05, 4.69) is 5.16 Å². The van der Waals surface area contributed by atoms with E-state index in [4.69, 9.17) is 39.6 Å². The number of ketones is 1. The average Bonchev–Trinajstić information content (AvgIpc) is 2.48. The molecule has 0 aliphatic heterocycles. The van der Waals surface area contributed by atoms with Crippen molar-refractivity contribution >= 4 is 52.3 Å². The predicted molar refractivity (Wildman–Crippen MR) is 87.0 cm³/mol. The van der Waals surface area contributed by atoms with Crippen molar-refractivity contribution in [2.45, 2.75) is 24.1 Å². The first-order valence-electron chi connectivity index (χ1n) is 6.34. The molecule has 0 radical (unpaired) electrons. The molecule has 22 heavy (non-hydrogen) atoms. The summed E-state index contributed by atoms with van der Waals surface area (Å²) < 4.78 is 0. The Labute approximate surface area is 142 Å². The third kappa shape index (κ3) is 3.35. The van der Waals surface area contributed by atoms with Crippen LogP contribution in [-0.4, -0.2) is 27.7 Å². The Bertz CT molecular complexity index is 678. The normalized spacial score (nSPS) is 26.8. The van der Waals surface area contributed by atoms with Gasteiger partial charge >= 0.3 is 5.97 Å². The Kier molecular flexibility index (Phi) is 4.95. The van der Waals surface area contributed by atoms with E-state index in [0.29, 0.717) is 16.2 Å². The zero-order valence-corrected chi connectivity index (χ0v) is 14.0. The molecule has 0 N–H and O–H groups in total.